The molecule has 0 spiro atoms. The molecule has 0 aliphatic rings. The van der Waals surface area contributed by atoms with Gasteiger partial charge >= 0.3 is 12.0 Å². The summed E-state index contributed by atoms with van der Waals surface area (Å²) in [4.78, 5) is 21.9. The summed E-state index contributed by atoms with van der Waals surface area (Å²) in [5.74, 6) is -0.593. The lowest BCUT2D eigenvalue weighted by molar-refractivity contribution is -0.131. The molecule has 19 heavy (non-hydrogen) atoms. The number of carbonyl (C=O) groups excluding carboxylic acids is 1. The Morgan fingerprint density at radius 2 is 1.89 bits per heavy atom. The monoisotopic (exact) mass is 262 g/mol. The van der Waals surface area contributed by atoms with Crippen LogP contribution in [0, 0.1) is 5.92 Å². The molecule has 3 N–H and O–H groups in total. The molecule has 0 heterocycles. The van der Waals surface area contributed by atoms with Gasteiger partial charge < -0.3 is 15.7 Å². The van der Waals surface area contributed by atoms with Gasteiger partial charge in [-0.25, -0.2) is 9.59 Å². The van der Waals surface area contributed by atoms with Crippen molar-refractivity contribution in [2.45, 2.75) is 13.8 Å². The molecule has 5 nitrogen and oxygen atoms in total. The van der Waals surface area contributed by atoms with Gasteiger partial charge in [-0.3, -0.25) is 0 Å². The molecule has 0 aliphatic carbocycles. The highest BCUT2D eigenvalue weighted by Gasteiger charge is 2.02. The largest absolute Gasteiger partial charge is 0.478 e. The number of nitrogens with one attached hydrogen (secondary N) is 2. The minimum Gasteiger partial charge on any atom is -0.478 e. The molecular weight excluding hydrogens is 244 g/mol. The van der Waals surface area contributed by atoms with Gasteiger partial charge in [-0.1, -0.05) is 26.0 Å². The highest BCUT2D eigenvalue weighted by Crippen LogP contribution is 2.10. The molecule has 1 rings (SSSR count). The van der Waals surface area contributed by atoms with E-state index in [9.17, 15) is 9.59 Å². The smallest absolute Gasteiger partial charge is 0.328 e. The van der Waals surface area contributed by atoms with Crippen LogP contribution in [0.1, 0.15) is 19.4 Å². The van der Waals surface area contributed by atoms with Gasteiger partial charge in [0.1, 0.15) is 0 Å². The minimum absolute atomic E-state index is 0.248. The quantitative estimate of drug-likeness (QED) is 0.713. The van der Waals surface area contributed by atoms with Gasteiger partial charge in [0.2, 0.25) is 0 Å². The van der Waals surface area contributed by atoms with Crippen LogP contribution in [-0.2, 0) is 4.79 Å². The fourth-order valence-corrected chi connectivity index (χ4v) is 1.32. The summed E-state index contributed by atoms with van der Waals surface area (Å²) in [5.41, 5.74) is 1.42. The lowest BCUT2D eigenvalue weighted by Crippen LogP contribution is -2.31. The number of carboxylic acid groups (broad SMARTS) is 1. The molecule has 5 heteroatoms. The Kier molecular flexibility index (Phi) is 5.60. The summed E-state index contributed by atoms with van der Waals surface area (Å²) in [5, 5.41) is 13.9. The maximum absolute atomic E-state index is 11.5. The highest BCUT2D eigenvalue weighted by molar-refractivity contribution is 5.89. The minimum atomic E-state index is -0.990. The average molecular weight is 262 g/mol. The number of carbonyl (C=O) groups is 2. The van der Waals surface area contributed by atoms with Gasteiger partial charge in [0.15, 0.2) is 0 Å². The zero-order chi connectivity index (χ0) is 14.3. The van der Waals surface area contributed by atoms with E-state index < -0.39 is 5.97 Å². The number of benzene rings is 1. The lowest BCUT2D eigenvalue weighted by atomic mass is 10.2. The van der Waals surface area contributed by atoms with Crippen LogP contribution in [0.5, 0.6) is 0 Å². The average Bonchev–Trinajstić information content (AvgIpc) is 2.35. The fourth-order valence-electron chi connectivity index (χ4n) is 1.32. The van der Waals surface area contributed by atoms with Crippen LogP contribution in [0.25, 0.3) is 6.08 Å². The maximum atomic E-state index is 11.5. The standard InChI is InChI=1S/C14H18N2O3/c1-10(2)9-15-14(19)16-12-6-3-11(4-7-12)5-8-13(17)18/h3-8,10H,9H2,1-2H3,(H,17,18)(H2,15,16,19). The summed E-state index contributed by atoms with van der Waals surface area (Å²) in [6.45, 7) is 4.65. The first-order valence-electron chi connectivity index (χ1n) is 6.03. The third-order valence-electron chi connectivity index (χ3n) is 2.26. The molecule has 0 atom stereocenters. The Morgan fingerprint density at radius 3 is 2.42 bits per heavy atom. The summed E-state index contributed by atoms with van der Waals surface area (Å²) < 4.78 is 0. The zero-order valence-electron chi connectivity index (χ0n) is 11.0. The number of urea groups is 1. The zero-order valence-corrected chi connectivity index (χ0v) is 11.0. The van der Waals surface area contributed by atoms with E-state index in [1.165, 1.54) is 6.08 Å². The second-order valence-corrected chi connectivity index (χ2v) is 4.52. The van der Waals surface area contributed by atoms with Gasteiger partial charge in [0, 0.05) is 18.3 Å². The molecular formula is C14H18N2O3. The van der Waals surface area contributed by atoms with Crippen molar-refractivity contribution >= 4 is 23.8 Å². The van der Waals surface area contributed by atoms with E-state index in [1.807, 2.05) is 13.8 Å². The van der Waals surface area contributed by atoms with E-state index >= 15 is 0 Å². The fraction of sp³-hybridized carbons (Fsp3) is 0.286. The first kappa shape index (κ1) is 14.8. The molecule has 0 aromatic heterocycles. The Labute approximate surface area is 112 Å². The summed E-state index contributed by atoms with van der Waals surface area (Å²) in [6, 6.07) is 6.66. The Morgan fingerprint density at radius 1 is 1.26 bits per heavy atom. The van der Waals surface area contributed by atoms with Crippen LogP contribution in [0.4, 0.5) is 10.5 Å². The summed E-state index contributed by atoms with van der Waals surface area (Å²) in [6.07, 6.45) is 2.56. The second kappa shape index (κ2) is 7.20. The van der Waals surface area contributed by atoms with Crippen molar-refractivity contribution in [1.29, 1.82) is 0 Å². The van der Waals surface area contributed by atoms with Crippen LogP contribution in [0.2, 0.25) is 0 Å². The number of rotatable bonds is 5. The molecule has 0 fully saturated rings. The van der Waals surface area contributed by atoms with Gasteiger partial charge in [0.05, 0.1) is 0 Å². The molecule has 1 aromatic rings. The molecule has 0 bridgehead atoms. The van der Waals surface area contributed by atoms with Crippen LogP contribution in [-0.4, -0.2) is 23.7 Å². The van der Waals surface area contributed by atoms with E-state index in [0.717, 1.165) is 11.6 Å². The van der Waals surface area contributed by atoms with Gasteiger partial charge in [-0.2, -0.15) is 0 Å². The molecule has 0 aliphatic heterocycles. The first-order chi connectivity index (χ1) is 8.97. The van der Waals surface area contributed by atoms with Gasteiger partial charge in [-0.15, -0.1) is 0 Å². The lowest BCUT2D eigenvalue weighted by Gasteiger charge is -2.09. The number of hydrogen-bond acceptors (Lipinski definition) is 2. The van der Waals surface area contributed by atoms with E-state index in [-0.39, 0.29) is 6.03 Å². The van der Waals surface area contributed by atoms with Crippen molar-refractivity contribution in [1.82, 2.24) is 5.32 Å². The topological polar surface area (TPSA) is 78.4 Å². The molecule has 1 aromatic carbocycles. The number of anilines is 1. The predicted molar refractivity (Wildman–Crippen MR) is 75.0 cm³/mol. The number of aliphatic carboxylic acids is 1. The second-order valence-electron chi connectivity index (χ2n) is 4.52. The number of carboxylic acids is 1. The van der Waals surface area contributed by atoms with E-state index in [0.29, 0.717) is 18.2 Å². The van der Waals surface area contributed by atoms with Crippen molar-refractivity contribution in [3.05, 3.63) is 35.9 Å². The molecule has 0 radical (unpaired) electrons. The van der Waals surface area contributed by atoms with E-state index in [4.69, 9.17) is 5.11 Å². The molecule has 0 saturated carbocycles. The van der Waals surface area contributed by atoms with Crippen molar-refractivity contribution in [3.63, 3.8) is 0 Å². The van der Waals surface area contributed by atoms with Crippen LogP contribution in [0.3, 0.4) is 0 Å². The Hall–Kier alpha value is -2.30. The van der Waals surface area contributed by atoms with Crippen molar-refractivity contribution in [2.75, 3.05) is 11.9 Å². The normalized spacial score (nSPS) is 10.7. The summed E-state index contributed by atoms with van der Waals surface area (Å²) in [7, 11) is 0. The third kappa shape index (κ3) is 6.26. The predicted octanol–water partition coefficient (Wildman–Crippen LogP) is 2.56. The van der Waals surface area contributed by atoms with Crippen LogP contribution in [0.15, 0.2) is 30.3 Å². The van der Waals surface area contributed by atoms with E-state index in [2.05, 4.69) is 10.6 Å². The molecule has 0 saturated heterocycles. The first-order valence-corrected chi connectivity index (χ1v) is 6.03. The van der Waals surface area contributed by atoms with E-state index in [1.54, 1.807) is 24.3 Å². The highest BCUT2D eigenvalue weighted by atomic mass is 16.4. The van der Waals surface area contributed by atoms with Crippen molar-refractivity contribution in [2.24, 2.45) is 5.92 Å². The molecule has 102 valence electrons. The number of amides is 2. The third-order valence-corrected chi connectivity index (χ3v) is 2.26. The van der Waals surface area contributed by atoms with Crippen LogP contribution < -0.4 is 10.6 Å². The van der Waals surface area contributed by atoms with Crippen molar-refractivity contribution in [3.8, 4) is 0 Å². The number of hydrogen-bond donors (Lipinski definition) is 3. The maximum Gasteiger partial charge on any atom is 0.328 e. The Balaban J connectivity index is 2.52. The van der Waals surface area contributed by atoms with Crippen LogP contribution >= 0.6 is 0 Å². The SMILES string of the molecule is CC(C)CNC(=O)Nc1ccc(C=CC(=O)O)cc1. The van der Waals surface area contributed by atoms with Crippen molar-refractivity contribution < 1.29 is 14.7 Å². The summed E-state index contributed by atoms with van der Waals surface area (Å²) >= 11 is 0. The molecule has 2 amide bonds. The molecule has 0 unspecified atom stereocenters. The van der Waals surface area contributed by atoms with Gasteiger partial charge in [0.25, 0.3) is 0 Å². The van der Waals surface area contributed by atoms with Gasteiger partial charge in [-0.05, 0) is 29.7 Å². The Bertz CT molecular complexity index is 464.